The molecule has 2 aromatic heterocycles. The smallest absolute Gasteiger partial charge is 0.274 e. The molecule has 1 aliphatic rings. The Kier molecular flexibility index (Phi) is 19.1. The number of anilines is 1. The molecule has 344 valence electrons. The van der Waals surface area contributed by atoms with Crippen molar-refractivity contribution in [1.29, 1.82) is 0 Å². The molecule has 61 heavy (non-hydrogen) atoms. The first-order valence-corrected chi connectivity index (χ1v) is 23.4. The van der Waals surface area contributed by atoms with E-state index in [1.165, 1.54) is 13.8 Å². The summed E-state index contributed by atoms with van der Waals surface area (Å²) in [5, 5.41) is 36.8. The van der Waals surface area contributed by atoms with Crippen LogP contribution >= 0.6 is 35.2 Å². The number of ether oxygens (including phenoxy) is 1. The second-order valence-electron chi connectivity index (χ2n) is 14.2. The third kappa shape index (κ3) is 16.8. The Morgan fingerprint density at radius 1 is 1.03 bits per heavy atom. The summed E-state index contributed by atoms with van der Waals surface area (Å²) in [5.74, 6) is -2.74. The van der Waals surface area contributed by atoms with E-state index in [4.69, 9.17) is 10.5 Å². The number of phosphoric ester groups is 3. The van der Waals surface area contributed by atoms with Crippen LogP contribution in [-0.2, 0) is 55.5 Å². The standard InChI is InChI=1S/C31H50N7O19P3S/c1-17(2)18(5-7-21(40)41)6-8-22(42)61-12-11-33-20(39)9-10-34-29(45)26(44)31(3,4)14-54-60(51,52)57-59(49,50)53-13-19-25(56-58(46,47)48)24(43)30(55-19)38-16-37-23-27(32)35-15-36-28(23)38/h15-16,18-19,24-26,30,43-44H,1,5-14H2,2-4H3,(H,33,39)(H,34,45)(H,40,41)(H,49,50)(H,51,52)(H2,32,35,36)(H2,46,47,48)/p-5/t18?,19-,24-,25-,26+,30-/m1/s1. The Bertz CT molecular complexity index is 2040. The topological polar surface area (TPSA) is 415 Å². The van der Waals surface area contributed by atoms with Crippen molar-refractivity contribution in [3.8, 4) is 0 Å². The molecule has 3 heterocycles. The minimum Gasteiger partial charge on any atom is -0.790 e. The summed E-state index contributed by atoms with van der Waals surface area (Å²) in [7, 11) is -17.7. The summed E-state index contributed by atoms with van der Waals surface area (Å²) >= 11 is 0.978. The number of carboxylic acids is 1. The largest absolute Gasteiger partial charge is 0.790 e. The number of nitrogens with one attached hydrogen (secondary N) is 2. The van der Waals surface area contributed by atoms with Crippen molar-refractivity contribution in [3.63, 3.8) is 0 Å². The number of allylic oxidation sites excluding steroid dienone is 1. The predicted octanol–water partition coefficient (Wildman–Crippen LogP) is -3.36. The molecule has 0 spiro atoms. The molecule has 1 fully saturated rings. The molecule has 3 unspecified atom stereocenters. The van der Waals surface area contributed by atoms with Crippen molar-refractivity contribution in [3.05, 3.63) is 24.8 Å². The molecule has 0 aromatic carbocycles. The lowest BCUT2D eigenvalue weighted by Crippen LogP contribution is -2.46. The van der Waals surface area contributed by atoms with Gasteiger partial charge >= 0.3 is 0 Å². The van der Waals surface area contributed by atoms with Gasteiger partial charge in [-0.25, -0.2) is 19.3 Å². The van der Waals surface area contributed by atoms with Gasteiger partial charge in [0, 0.05) is 43.1 Å². The van der Waals surface area contributed by atoms with Gasteiger partial charge in [0.1, 0.15) is 36.3 Å². The van der Waals surface area contributed by atoms with Crippen LogP contribution in [0.1, 0.15) is 59.1 Å². The molecule has 2 amide bonds. The molecule has 1 saturated heterocycles. The van der Waals surface area contributed by atoms with E-state index in [0.717, 1.165) is 34.6 Å². The van der Waals surface area contributed by atoms with Gasteiger partial charge in [-0.15, -0.1) is 0 Å². The van der Waals surface area contributed by atoms with Crippen molar-refractivity contribution >= 4 is 75.1 Å². The van der Waals surface area contributed by atoms with E-state index in [0.29, 0.717) is 12.8 Å². The molecule has 26 nitrogen and oxygen atoms in total. The fraction of sp³-hybridized carbons (Fsp3) is 0.645. The van der Waals surface area contributed by atoms with Crippen LogP contribution in [-0.4, -0.2) is 109 Å². The van der Waals surface area contributed by atoms with Crippen LogP contribution in [0, 0.1) is 11.3 Å². The number of rotatable bonds is 26. The van der Waals surface area contributed by atoms with E-state index in [-0.39, 0.29) is 66.1 Å². The van der Waals surface area contributed by atoms with Gasteiger partial charge in [0.15, 0.2) is 22.8 Å². The van der Waals surface area contributed by atoms with Gasteiger partial charge in [-0.05, 0) is 32.1 Å². The first kappa shape index (κ1) is 52.1. The van der Waals surface area contributed by atoms with Gasteiger partial charge in [0.2, 0.25) is 11.8 Å². The van der Waals surface area contributed by atoms with Gasteiger partial charge in [-0.2, -0.15) is 0 Å². The number of phosphoric acid groups is 3. The molecule has 0 saturated carbocycles. The quantitative estimate of drug-likeness (QED) is 0.0349. The van der Waals surface area contributed by atoms with E-state index >= 15 is 0 Å². The monoisotopic (exact) mass is 944 g/mol. The van der Waals surface area contributed by atoms with Gasteiger partial charge in [-0.1, -0.05) is 37.8 Å². The lowest BCUT2D eigenvalue weighted by atomic mass is 9.87. The number of aliphatic carboxylic acids is 1. The second kappa shape index (κ2) is 22.4. The minimum absolute atomic E-state index is 0.0320. The number of aromatic nitrogens is 4. The Hall–Kier alpha value is -3.23. The molecule has 2 aromatic rings. The number of carbonyl (C=O) groups is 4. The Balaban J connectivity index is 1.43. The average molecular weight is 945 g/mol. The number of aliphatic hydroxyl groups is 2. The number of carbonyl (C=O) groups excluding carboxylic acids is 4. The molecular formula is C31H45N7O19P3S-5. The zero-order valence-electron chi connectivity index (χ0n) is 32.8. The fourth-order valence-electron chi connectivity index (χ4n) is 5.57. The number of imidazole rings is 1. The molecule has 0 aliphatic carbocycles. The number of nitrogens with two attached hydrogens (primary N) is 1. The van der Waals surface area contributed by atoms with E-state index in [2.05, 4.69) is 50.0 Å². The maximum atomic E-state index is 12.6. The van der Waals surface area contributed by atoms with Gasteiger partial charge < -0.3 is 78.9 Å². The highest BCUT2D eigenvalue weighted by Crippen LogP contribution is 2.56. The van der Waals surface area contributed by atoms with Crippen molar-refractivity contribution in [1.82, 2.24) is 30.2 Å². The van der Waals surface area contributed by atoms with Crippen molar-refractivity contribution in [2.24, 2.45) is 11.3 Å². The van der Waals surface area contributed by atoms with Crippen LogP contribution in [0.2, 0.25) is 0 Å². The summed E-state index contributed by atoms with van der Waals surface area (Å²) in [6.45, 7) is 5.46. The molecule has 6 N–H and O–H groups in total. The highest BCUT2D eigenvalue weighted by atomic mass is 32.2. The van der Waals surface area contributed by atoms with E-state index in [9.17, 15) is 67.8 Å². The molecule has 0 radical (unpaired) electrons. The molecular weight excluding hydrogens is 899 g/mol. The van der Waals surface area contributed by atoms with Gasteiger partial charge in [0.25, 0.3) is 15.6 Å². The molecule has 1 aliphatic heterocycles. The summed E-state index contributed by atoms with van der Waals surface area (Å²) in [6.07, 6.45) is -6.99. The summed E-state index contributed by atoms with van der Waals surface area (Å²) in [6, 6.07) is 0. The van der Waals surface area contributed by atoms with Crippen LogP contribution in [0.3, 0.4) is 0 Å². The van der Waals surface area contributed by atoms with E-state index < -0.39 is 90.5 Å². The maximum absolute atomic E-state index is 12.6. The highest BCUT2D eigenvalue weighted by Gasteiger charge is 2.47. The number of aliphatic hydroxyl groups excluding tert-OH is 2. The average Bonchev–Trinajstić information content (AvgIpc) is 3.71. The number of amides is 2. The maximum Gasteiger partial charge on any atom is 0.274 e. The number of thioether (sulfide) groups is 1. The van der Waals surface area contributed by atoms with Crippen molar-refractivity contribution < 1.29 is 90.4 Å². The third-order valence-corrected chi connectivity index (χ3v) is 12.8. The number of carboxylic acid groups (broad SMARTS) is 1. The Labute approximate surface area is 352 Å². The van der Waals surface area contributed by atoms with Crippen LogP contribution in [0.5, 0.6) is 0 Å². The number of hydrogen-bond acceptors (Lipinski definition) is 24. The third-order valence-electron chi connectivity index (χ3n) is 8.83. The SMILES string of the molecule is C=C(C)C(CCC(=O)[O-])CCC(=O)SCCNC(=O)CCNC(=O)[C@H](O)C(C)(C)COP(=O)([O-])OP(=O)([O-])OC[C@H]1O[C@@H](n2cnc3c(N)ncnc32)[C@H](O)[C@@H]1OP(=O)([O-])[O-]. The normalized spacial score (nSPS) is 21.3. The predicted molar refractivity (Wildman–Crippen MR) is 200 cm³/mol. The van der Waals surface area contributed by atoms with Crippen molar-refractivity contribution in [2.45, 2.75) is 83.5 Å². The summed E-state index contributed by atoms with van der Waals surface area (Å²) in [5.41, 5.74) is 4.77. The Morgan fingerprint density at radius 3 is 2.33 bits per heavy atom. The minimum atomic E-state index is -5.94. The molecule has 0 bridgehead atoms. The molecule has 3 rings (SSSR count). The fourth-order valence-corrected chi connectivity index (χ4v) is 9.00. The summed E-state index contributed by atoms with van der Waals surface area (Å²) < 4.78 is 60.5. The lowest BCUT2D eigenvalue weighted by Gasteiger charge is -2.36. The van der Waals surface area contributed by atoms with Crippen LogP contribution in [0.4, 0.5) is 5.82 Å². The van der Waals surface area contributed by atoms with Gasteiger partial charge in [-0.3, -0.25) is 28.1 Å². The van der Waals surface area contributed by atoms with Crippen LogP contribution in [0.15, 0.2) is 24.8 Å². The zero-order valence-corrected chi connectivity index (χ0v) is 36.3. The molecule has 30 heteroatoms. The number of nitrogen functional groups attached to an aromatic ring is 1. The lowest BCUT2D eigenvalue weighted by molar-refractivity contribution is -0.347. The Morgan fingerprint density at radius 2 is 1.69 bits per heavy atom. The number of hydrogen-bond donors (Lipinski definition) is 5. The number of nitrogens with zero attached hydrogens (tertiary/aromatic N) is 4. The van der Waals surface area contributed by atoms with E-state index in [1.54, 1.807) is 6.92 Å². The van der Waals surface area contributed by atoms with Crippen LogP contribution < -0.4 is 41.0 Å². The number of fused-ring (bicyclic) bond motifs is 1. The van der Waals surface area contributed by atoms with Gasteiger partial charge in [0.05, 0.1) is 27.4 Å². The summed E-state index contributed by atoms with van der Waals surface area (Å²) in [4.78, 5) is 107. The zero-order chi connectivity index (χ0) is 45.9. The first-order valence-electron chi connectivity index (χ1n) is 18.0. The highest BCUT2D eigenvalue weighted by molar-refractivity contribution is 8.13. The van der Waals surface area contributed by atoms with E-state index in [1.807, 2.05) is 0 Å². The molecule has 8 atom stereocenters. The van der Waals surface area contributed by atoms with Crippen molar-refractivity contribution in [2.75, 3.05) is 37.8 Å². The first-order chi connectivity index (χ1) is 28.2. The second-order valence-corrected chi connectivity index (χ2v) is 19.4. The van der Waals surface area contributed by atoms with Crippen LogP contribution in [0.25, 0.3) is 11.2 Å².